The Balaban J connectivity index is 0.00000400. The maximum absolute atomic E-state index is 13.6. The first-order valence-corrected chi connectivity index (χ1v) is 15.2. The second-order valence-electron chi connectivity index (χ2n) is 8.83. The van der Waals surface area contributed by atoms with E-state index in [1.54, 1.807) is 35.8 Å². The predicted molar refractivity (Wildman–Crippen MR) is 160 cm³/mol. The summed E-state index contributed by atoms with van der Waals surface area (Å²) in [6.07, 6.45) is 2.01. The number of nitrogens with zero attached hydrogens (tertiary/aromatic N) is 4. The Morgan fingerprint density at radius 1 is 0.921 bits per heavy atom. The van der Waals surface area contributed by atoms with Crippen LogP contribution in [0.3, 0.4) is 0 Å². The zero-order valence-electron chi connectivity index (χ0n) is 21.7. The number of carbonyl (C=O) groups is 1. The summed E-state index contributed by atoms with van der Waals surface area (Å²) in [5.41, 5.74) is 2.20. The number of aromatic nitrogens is 1. The molecule has 0 aliphatic carbocycles. The summed E-state index contributed by atoms with van der Waals surface area (Å²) < 4.78 is 28.6. The quantitative estimate of drug-likeness (QED) is 0.228. The van der Waals surface area contributed by atoms with E-state index in [1.807, 2.05) is 73.8 Å². The first-order chi connectivity index (χ1) is 17.7. The van der Waals surface area contributed by atoms with Crippen molar-refractivity contribution in [3.8, 4) is 0 Å². The molecule has 0 radical (unpaired) electrons. The monoisotopic (exact) mass is 590 g/mol. The maximum atomic E-state index is 13.6. The normalized spacial score (nSPS) is 11.6. The fourth-order valence-corrected chi connectivity index (χ4v) is 6.61. The van der Waals surface area contributed by atoms with E-state index in [4.69, 9.17) is 4.98 Å². The third-order valence-corrected chi connectivity index (χ3v) is 9.53. The second kappa shape index (κ2) is 13.1. The molecular formula is C27H31ClN4O3S3. The standard InChI is InChI=1S/C27H30N4O3S3.ClH/c1-29(2)17-18-31(27-28-25-23(35-4)11-8-12-24(25)36-27)26(32)21-13-15-22(16-14-21)37(33,34)30(3)19-20-9-6-5-7-10-20;/h5-16H,17-19H2,1-4H3;1H. The minimum absolute atomic E-state index is 0. The number of hydrogen-bond donors (Lipinski definition) is 0. The van der Waals surface area contributed by atoms with Crippen LogP contribution in [0.1, 0.15) is 15.9 Å². The van der Waals surface area contributed by atoms with Gasteiger partial charge in [0.15, 0.2) is 5.13 Å². The molecule has 3 aromatic carbocycles. The number of likely N-dealkylation sites (N-methyl/N-ethyl adjacent to an activating group) is 1. The van der Waals surface area contributed by atoms with E-state index < -0.39 is 10.0 Å². The first kappa shape index (κ1) is 30.1. The zero-order chi connectivity index (χ0) is 26.6. The number of sulfonamides is 1. The summed E-state index contributed by atoms with van der Waals surface area (Å²) in [6.45, 7) is 1.38. The number of fused-ring (bicyclic) bond motifs is 1. The molecule has 0 saturated carbocycles. The van der Waals surface area contributed by atoms with Crippen molar-refractivity contribution in [3.05, 3.63) is 83.9 Å². The average molecular weight is 591 g/mol. The molecule has 0 saturated heterocycles. The molecule has 0 N–H and O–H groups in total. The van der Waals surface area contributed by atoms with E-state index in [-0.39, 0.29) is 29.8 Å². The van der Waals surface area contributed by atoms with Gasteiger partial charge in [0.05, 0.1) is 15.1 Å². The summed E-state index contributed by atoms with van der Waals surface area (Å²) >= 11 is 3.11. The van der Waals surface area contributed by atoms with E-state index in [0.29, 0.717) is 23.8 Å². The van der Waals surface area contributed by atoms with Crippen molar-refractivity contribution in [2.24, 2.45) is 0 Å². The lowest BCUT2D eigenvalue weighted by Gasteiger charge is -2.22. The minimum atomic E-state index is -3.71. The first-order valence-electron chi connectivity index (χ1n) is 11.7. The highest BCUT2D eigenvalue weighted by Crippen LogP contribution is 2.34. The number of hydrogen-bond acceptors (Lipinski definition) is 7. The number of halogens is 1. The van der Waals surface area contributed by atoms with Crippen LogP contribution >= 0.6 is 35.5 Å². The van der Waals surface area contributed by atoms with Crippen LogP contribution in [-0.4, -0.2) is 69.0 Å². The Labute approximate surface area is 238 Å². The van der Waals surface area contributed by atoms with E-state index in [0.717, 1.165) is 20.7 Å². The summed E-state index contributed by atoms with van der Waals surface area (Å²) in [5.74, 6) is -0.215. The fourth-order valence-electron chi connectivity index (χ4n) is 3.81. The van der Waals surface area contributed by atoms with Gasteiger partial charge in [0, 0.05) is 37.1 Å². The topological polar surface area (TPSA) is 73.8 Å². The van der Waals surface area contributed by atoms with Gasteiger partial charge in [-0.1, -0.05) is 47.7 Å². The average Bonchev–Trinajstić information content (AvgIpc) is 3.33. The number of carbonyl (C=O) groups excluding carboxylic acids is 1. The molecule has 1 amide bonds. The van der Waals surface area contributed by atoms with Crippen LogP contribution in [0, 0.1) is 0 Å². The van der Waals surface area contributed by atoms with Crippen molar-refractivity contribution < 1.29 is 13.2 Å². The molecule has 7 nitrogen and oxygen atoms in total. The maximum Gasteiger partial charge on any atom is 0.260 e. The van der Waals surface area contributed by atoms with E-state index in [2.05, 4.69) is 0 Å². The van der Waals surface area contributed by atoms with E-state index in [1.165, 1.54) is 27.8 Å². The molecule has 4 rings (SSSR count). The Bertz CT molecular complexity index is 1480. The number of amides is 1. The third-order valence-electron chi connectivity index (χ3n) is 5.89. The van der Waals surface area contributed by atoms with Crippen LogP contribution in [0.15, 0.2) is 82.6 Å². The Kier molecular flexibility index (Phi) is 10.3. The highest BCUT2D eigenvalue weighted by Gasteiger charge is 2.25. The van der Waals surface area contributed by atoms with E-state index >= 15 is 0 Å². The zero-order valence-corrected chi connectivity index (χ0v) is 25.0. The van der Waals surface area contributed by atoms with Gasteiger partial charge in [-0.25, -0.2) is 13.4 Å². The Morgan fingerprint density at radius 3 is 2.24 bits per heavy atom. The van der Waals surface area contributed by atoms with Crippen LogP contribution < -0.4 is 4.90 Å². The molecule has 0 fully saturated rings. The highest BCUT2D eigenvalue weighted by molar-refractivity contribution is 7.98. The largest absolute Gasteiger partial charge is 0.308 e. The summed E-state index contributed by atoms with van der Waals surface area (Å²) in [6, 6.07) is 21.6. The molecule has 0 atom stereocenters. The van der Waals surface area contributed by atoms with Crippen molar-refractivity contribution in [3.63, 3.8) is 0 Å². The molecule has 1 heterocycles. The Hall–Kier alpha value is -2.47. The molecule has 0 spiro atoms. The molecular weight excluding hydrogens is 560 g/mol. The lowest BCUT2D eigenvalue weighted by molar-refractivity contribution is 0.0985. The van der Waals surface area contributed by atoms with Gasteiger partial charge in [0.2, 0.25) is 10.0 Å². The number of rotatable bonds is 10. The van der Waals surface area contributed by atoms with Crippen LogP contribution in [0.2, 0.25) is 0 Å². The molecule has 0 unspecified atom stereocenters. The molecule has 0 aliphatic rings. The lowest BCUT2D eigenvalue weighted by Crippen LogP contribution is -2.36. The van der Waals surface area contributed by atoms with Crippen LogP contribution in [-0.2, 0) is 16.6 Å². The van der Waals surface area contributed by atoms with E-state index in [9.17, 15) is 13.2 Å². The van der Waals surface area contributed by atoms with Gasteiger partial charge in [-0.3, -0.25) is 9.69 Å². The molecule has 202 valence electrons. The lowest BCUT2D eigenvalue weighted by atomic mass is 10.2. The van der Waals surface area contributed by atoms with Gasteiger partial charge in [-0.2, -0.15) is 4.31 Å². The van der Waals surface area contributed by atoms with Crippen LogP contribution in [0.5, 0.6) is 0 Å². The van der Waals surface area contributed by atoms with Gasteiger partial charge in [-0.05, 0) is 62.3 Å². The number of para-hydroxylation sites is 1. The molecule has 11 heteroatoms. The van der Waals surface area contributed by atoms with Gasteiger partial charge < -0.3 is 4.90 Å². The molecule has 1 aromatic heterocycles. The Morgan fingerprint density at radius 2 is 1.61 bits per heavy atom. The number of thiazole rings is 1. The van der Waals surface area contributed by atoms with Crippen molar-refractivity contribution in [1.82, 2.24) is 14.2 Å². The predicted octanol–water partition coefficient (Wildman–Crippen LogP) is 5.47. The molecule has 38 heavy (non-hydrogen) atoms. The minimum Gasteiger partial charge on any atom is -0.308 e. The third kappa shape index (κ3) is 6.74. The SMILES string of the molecule is CSc1cccc2sc(N(CCN(C)C)C(=O)c3ccc(S(=O)(=O)N(C)Cc4ccccc4)cc3)nc12.Cl. The van der Waals surface area contributed by atoms with Gasteiger partial charge >= 0.3 is 0 Å². The van der Waals surface area contributed by atoms with Crippen molar-refractivity contribution >= 4 is 66.8 Å². The van der Waals surface area contributed by atoms with Gasteiger partial charge in [0.25, 0.3) is 5.91 Å². The molecule has 0 aliphatic heterocycles. The number of anilines is 1. The van der Waals surface area contributed by atoms with Gasteiger partial charge in [-0.15, -0.1) is 24.2 Å². The fraction of sp³-hybridized carbons (Fsp3) is 0.259. The summed E-state index contributed by atoms with van der Waals surface area (Å²) in [4.78, 5) is 23.3. The molecule has 4 aromatic rings. The van der Waals surface area contributed by atoms with Crippen molar-refractivity contribution in [2.45, 2.75) is 16.3 Å². The van der Waals surface area contributed by atoms with Crippen molar-refractivity contribution in [1.29, 1.82) is 0 Å². The van der Waals surface area contributed by atoms with Crippen LogP contribution in [0.25, 0.3) is 10.2 Å². The van der Waals surface area contributed by atoms with Crippen molar-refractivity contribution in [2.75, 3.05) is 45.4 Å². The molecule has 0 bridgehead atoms. The number of benzene rings is 3. The summed E-state index contributed by atoms with van der Waals surface area (Å²) in [7, 11) is 1.76. The smallest absolute Gasteiger partial charge is 0.260 e. The van der Waals surface area contributed by atoms with Crippen LogP contribution in [0.4, 0.5) is 5.13 Å². The highest BCUT2D eigenvalue weighted by atomic mass is 35.5. The second-order valence-corrected chi connectivity index (χ2v) is 12.7. The summed E-state index contributed by atoms with van der Waals surface area (Å²) in [5, 5.41) is 0.627. The number of thioether (sulfide) groups is 1. The van der Waals surface area contributed by atoms with Gasteiger partial charge in [0.1, 0.15) is 0 Å².